The third kappa shape index (κ3) is 30.5. The van der Waals surface area contributed by atoms with E-state index in [1.165, 1.54) is 264 Å². The zero-order chi connectivity index (χ0) is 35.1. The molecule has 2 heteroatoms. The van der Waals surface area contributed by atoms with Crippen LogP contribution in [-0.2, 0) is 19.5 Å². The molecule has 0 aromatic carbocycles. The molecule has 0 unspecified atom stereocenters. The van der Waals surface area contributed by atoms with Gasteiger partial charge in [-0.2, -0.15) is 0 Å². The summed E-state index contributed by atoms with van der Waals surface area (Å²) in [5.41, 5.74) is 0. The van der Waals surface area contributed by atoms with Gasteiger partial charge in [-0.25, -0.2) is 9.13 Å². The molecule has 0 aliphatic carbocycles. The Morgan fingerprint density at radius 2 is 0.633 bits per heavy atom. The zero-order valence-corrected chi connectivity index (χ0v) is 34.5. The van der Waals surface area contributed by atoms with Crippen LogP contribution in [0.1, 0.15) is 271 Å². The molecule has 0 saturated heterocycles. The topological polar surface area (TPSA) is 8.81 Å². The summed E-state index contributed by atoms with van der Waals surface area (Å²) in [6.07, 6.45) is 60.8. The molecular weight excluding hydrogens is 593 g/mol. The molecule has 1 aromatic rings. The highest BCUT2D eigenvalue weighted by Crippen LogP contribution is 2.16. The Balaban J connectivity index is 2.27. The van der Waals surface area contributed by atoms with Crippen molar-refractivity contribution in [3.8, 4) is 0 Å². The number of nitrogens with zero attached hydrogens (tertiary/aromatic N) is 2. The Morgan fingerprint density at radius 1 is 0.347 bits per heavy atom. The maximum Gasteiger partial charge on any atom is 0.256 e. The van der Waals surface area contributed by atoms with Gasteiger partial charge in [-0.1, -0.05) is 233 Å². The Kier molecular flexibility index (Phi) is 36.3. The standard InChI is InChI=1S/C47H93N2/c1-4-7-10-13-16-19-22-24-26-29-32-35-38-41-44-49-46-45-48(43-40-37-34-31-28-21-18-15-12-9-6-3)47(49)42-39-36-33-30-27-25-23-20-17-14-11-8-5-2/h45-46H,4-44H2,1-3H3/q+1. The van der Waals surface area contributed by atoms with Crippen molar-refractivity contribution in [2.45, 2.75) is 284 Å². The molecule has 0 radical (unpaired) electrons. The van der Waals surface area contributed by atoms with Gasteiger partial charge in [0, 0.05) is 6.42 Å². The molecule has 0 aliphatic rings. The third-order valence-electron chi connectivity index (χ3n) is 11.3. The van der Waals surface area contributed by atoms with Crippen molar-refractivity contribution < 1.29 is 4.57 Å². The molecular formula is C47H93N2+. The molecule has 1 heterocycles. The summed E-state index contributed by atoms with van der Waals surface area (Å²) in [5, 5.41) is 0. The summed E-state index contributed by atoms with van der Waals surface area (Å²) in [6.45, 7) is 9.41. The Hall–Kier alpha value is -0.790. The van der Waals surface area contributed by atoms with E-state index >= 15 is 0 Å². The van der Waals surface area contributed by atoms with Gasteiger partial charge in [0.05, 0.1) is 13.1 Å². The predicted octanol–water partition coefficient (Wildman–Crippen LogP) is 16.2. The molecule has 0 spiro atoms. The van der Waals surface area contributed by atoms with E-state index in [0.717, 1.165) is 0 Å². The lowest BCUT2D eigenvalue weighted by Gasteiger charge is -2.07. The largest absolute Gasteiger partial charge is 0.256 e. The summed E-state index contributed by atoms with van der Waals surface area (Å²) in [5.74, 6) is 1.63. The van der Waals surface area contributed by atoms with Gasteiger partial charge < -0.3 is 0 Å². The van der Waals surface area contributed by atoms with Crippen LogP contribution in [0.3, 0.4) is 0 Å². The highest BCUT2D eigenvalue weighted by atomic mass is 15.1. The highest BCUT2D eigenvalue weighted by Gasteiger charge is 2.16. The van der Waals surface area contributed by atoms with Crippen LogP contribution in [0.2, 0.25) is 0 Å². The van der Waals surface area contributed by atoms with Gasteiger partial charge in [-0.15, -0.1) is 0 Å². The van der Waals surface area contributed by atoms with E-state index in [1.807, 2.05) is 0 Å². The molecule has 49 heavy (non-hydrogen) atoms. The first kappa shape index (κ1) is 46.2. The summed E-state index contributed by atoms with van der Waals surface area (Å²) in [7, 11) is 0. The van der Waals surface area contributed by atoms with E-state index in [1.54, 1.807) is 5.82 Å². The number of hydrogen-bond donors (Lipinski definition) is 0. The maximum atomic E-state index is 2.65. The second-order valence-electron chi connectivity index (χ2n) is 16.2. The second kappa shape index (κ2) is 38.4. The van der Waals surface area contributed by atoms with Gasteiger partial charge in [0.15, 0.2) is 0 Å². The van der Waals surface area contributed by atoms with Crippen LogP contribution in [-0.4, -0.2) is 4.57 Å². The molecule has 0 atom stereocenters. The first-order chi connectivity index (χ1) is 24.3. The minimum absolute atomic E-state index is 1.23. The lowest BCUT2D eigenvalue weighted by molar-refractivity contribution is -0.704. The van der Waals surface area contributed by atoms with E-state index in [2.05, 4.69) is 42.3 Å². The molecule has 0 fully saturated rings. The fraction of sp³-hybridized carbons (Fsp3) is 0.936. The van der Waals surface area contributed by atoms with Gasteiger partial charge in [-0.05, 0) is 32.1 Å². The van der Waals surface area contributed by atoms with E-state index in [0.29, 0.717) is 0 Å². The fourth-order valence-electron chi connectivity index (χ4n) is 7.92. The molecule has 2 nitrogen and oxygen atoms in total. The lowest BCUT2D eigenvalue weighted by Crippen LogP contribution is -2.37. The molecule has 290 valence electrons. The summed E-state index contributed by atoms with van der Waals surface area (Å²) >= 11 is 0. The van der Waals surface area contributed by atoms with Gasteiger partial charge in [-0.3, -0.25) is 0 Å². The summed E-state index contributed by atoms with van der Waals surface area (Å²) in [4.78, 5) is 0. The van der Waals surface area contributed by atoms with Crippen molar-refractivity contribution in [3.05, 3.63) is 18.2 Å². The summed E-state index contributed by atoms with van der Waals surface area (Å²) in [6, 6.07) is 0. The Bertz CT molecular complexity index is 751. The number of unbranched alkanes of at least 4 members (excludes halogenated alkanes) is 35. The van der Waals surface area contributed by atoms with Crippen LogP contribution in [0.5, 0.6) is 0 Å². The minimum Gasteiger partial charge on any atom is -0.234 e. The van der Waals surface area contributed by atoms with Gasteiger partial charge in [0.25, 0.3) is 5.82 Å². The predicted molar refractivity (Wildman–Crippen MR) is 221 cm³/mol. The molecule has 0 amide bonds. The first-order valence-electron chi connectivity index (χ1n) is 23.4. The fourth-order valence-corrected chi connectivity index (χ4v) is 7.92. The van der Waals surface area contributed by atoms with Crippen molar-refractivity contribution in [1.82, 2.24) is 4.57 Å². The molecule has 0 aliphatic heterocycles. The molecule has 0 bridgehead atoms. The quantitative estimate of drug-likeness (QED) is 0.0479. The van der Waals surface area contributed by atoms with Crippen LogP contribution in [0, 0.1) is 0 Å². The average Bonchev–Trinajstić information content (AvgIpc) is 3.50. The van der Waals surface area contributed by atoms with E-state index in [-0.39, 0.29) is 0 Å². The monoisotopic (exact) mass is 686 g/mol. The average molecular weight is 686 g/mol. The highest BCUT2D eigenvalue weighted by molar-refractivity contribution is 4.84. The van der Waals surface area contributed by atoms with Crippen molar-refractivity contribution in [3.63, 3.8) is 0 Å². The van der Waals surface area contributed by atoms with E-state index < -0.39 is 0 Å². The minimum atomic E-state index is 1.23. The van der Waals surface area contributed by atoms with Gasteiger partial charge in [0.2, 0.25) is 0 Å². The first-order valence-corrected chi connectivity index (χ1v) is 23.4. The molecule has 0 N–H and O–H groups in total. The van der Waals surface area contributed by atoms with E-state index in [4.69, 9.17) is 0 Å². The third-order valence-corrected chi connectivity index (χ3v) is 11.3. The van der Waals surface area contributed by atoms with Crippen LogP contribution in [0.4, 0.5) is 0 Å². The van der Waals surface area contributed by atoms with Crippen molar-refractivity contribution >= 4 is 0 Å². The van der Waals surface area contributed by atoms with Crippen molar-refractivity contribution in [1.29, 1.82) is 0 Å². The van der Waals surface area contributed by atoms with Crippen molar-refractivity contribution in [2.75, 3.05) is 0 Å². The van der Waals surface area contributed by atoms with Gasteiger partial charge in [0.1, 0.15) is 12.4 Å². The summed E-state index contributed by atoms with van der Waals surface area (Å²) < 4.78 is 5.30. The Labute approximate surface area is 310 Å². The maximum absolute atomic E-state index is 2.65. The Morgan fingerprint density at radius 3 is 0.980 bits per heavy atom. The van der Waals surface area contributed by atoms with Crippen molar-refractivity contribution in [2.24, 2.45) is 0 Å². The van der Waals surface area contributed by atoms with Crippen LogP contribution in [0.25, 0.3) is 0 Å². The number of rotatable bonds is 41. The molecule has 1 aromatic heterocycles. The second-order valence-corrected chi connectivity index (χ2v) is 16.2. The van der Waals surface area contributed by atoms with Crippen LogP contribution >= 0.6 is 0 Å². The zero-order valence-electron chi connectivity index (χ0n) is 34.5. The van der Waals surface area contributed by atoms with Gasteiger partial charge >= 0.3 is 0 Å². The number of aromatic nitrogens is 2. The number of hydrogen-bond acceptors (Lipinski definition) is 0. The molecule has 1 rings (SSSR count). The smallest absolute Gasteiger partial charge is 0.234 e. The SMILES string of the molecule is CCCCCCCCCCCCCCCCn1cc[n+](CCCCCCCCCCCCC)c1CCCCCCCCCCCCCCC. The molecule has 0 saturated carbocycles. The lowest BCUT2D eigenvalue weighted by atomic mass is 10.0. The normalized spacial score (nSPS) is 11.7. The van der Waals surface area contributed by atoms with E-state index in [9.17, 15) is 0 Å². The van der Waals surface area contributed by atoms with Crippen LogP contribution < -0.4 is 4.57 Å². The number of aryl methyl sites for hydroxylation is 2. The number of imidazole rings is 1. The van der Waals surface area contributed by atoms with Crippen LogP contribution in [0.15, 0.2) is 12.4 Å².